The number of amides is 1. The van der Waals surface area contributed by atoms with E-state index >= 15 is 0 Å². The molecular weight excluding hydrogens is 525 g/mol. The van der Waals surface area contributed by atoms with Crippen molar-refractivity contribution in [2.45, 2.75) is 31.6 Å². The molecule has 200 valence electrons. The highest BCUT2D eigenvalue weighted by Crippen LogP contribution is 2.44. The number of likely N-dealkylation sites (N-methyl/N-ethyl adjacent to an activating group) is 1. The summed E-state index contributed by atoms with van der Waals surface area (Å²) in [5.41, 5.74) is -0.162. The fourth-order valence-corrected chi connectivity index (χ4v) is 5.52. The van der Waals surface area contributed by atoms with Crippen LogP contribution in [0.15, 0.2) is 48.7 Å². The molecule has 1 aliphatic heterocycles. The number of carbonyl (C=O) groups excluding carboxylic acids is 1. The number of hydrogen-bond donors (Lipinski definition) is 0. The van der Waals surface area contributed by atoms with Crippen LogP contribution >= 0.6 is 11.3 Å². The standard InChI is InChI=1S/C26H24F5N5OS/c1-34(2)9-5-8-24(37)35-12-20(19-10-16(11-32)38-22(19)14-35)17-6-3-4-7-18(17)21-13-36(15-23(27)28)33-25(21)26(29,30)31/h3-8,10,13,20,23H,9,12,14-15H2,1-2H3/b8-5+/t20-/m0/s1. The Hall–Kier alpha value is -3.56. The highest BCUT2D eigenvalue weighted by molar-refractivity contribution is 7.12. The number of hydrogen-bond acceptors (Lipinski definition) is 5. The Balaban J connectivity index is 1.81. The summed E-state index contributed by atoms with van der Waals surface area (Å²) in [6.07, 6.45) is -3.58. The zero-order valence-corrected chi connectivity index (χ0v) is 21.4. The van der Waals surface area contributed by atoms with Gasteiger partial charge in [0, 0.05) is 41.7 Å². The van der Waals surface area contributed by atoms with E-state index in [9.17, 15) is 32.0 Å². The Morgan fingerprint density at radius 3 is 2.66 bits per heavy atom. The summed E-state index contributed by atoms with van der Waals surface area (Å²) in [5.74, 6) is -0.799. The summed E-state index contributed by atoms with van der Waals surface area (Å²) >= 11 is 1.24. The molecule has 38 heavy (non-hydrogen) atoms. The van der Waals surface area contributed by atoms with Gasteiger partial charge in [-0.05, 0) is 36.9 Å². The van der Waals surface area contributed by atoms with E-state index in [-0.39, 0.29) is 30.1 Å². The number of aromatic nitrogens is 2. The Kier molecular flexibility index (Phi) is 7.99. The minimum absolute atomic E-state index is 0.170. The molecule has 1 aromatic carbocycles. The van der Waals surface area contributed by atoms with Crippen LogP contribution in [0.3, 0.4) is 0 Å². The summed E-state index contributed by atoms with van der Waals surface area (Å²) in [6, 6.07) is 10.2. The summed E-state index contributed by atoms with van der Waals surface area (Å²) in [6.45, 7) is 0.0167. The molecule has 4 rings (SSSR count). The average molecular weight is 550 g/mol. The molecule has 1 atom stereocenters. The van der Waals surface area contributed by atoms with Crippen LogP contribution in [0, 0.1) is 11.3 Å². The first-order chi connectivity index (χ1) is 18.0. The number of alkyl halides is 5. The van der Waals surface area contributed by atoms with Crippen LogP contribution in [0.2, 0.25) is 0 Å². The molecule has 2 aromatic heterocycles. The van der Waals surface area contributed by atoms with Crippen molar-refractivity contribution in [2.75, 3.05) is 27.2 Å². The minimum atomic E-state index is -4.87. The van der Waals surface area contributed by atoms with Crippen molar-refractivity contribution >= 4 is 17.2 Å². The van der Waals surface area contributed by atoms with E-state index in [1.165, 1.54) is 23.5 Å². The van der Waals surface area contributed by atoms with Gasteiger partial charge in [-0.15, -0.1) is 11.3 Å². The molecule has 0 bridgehead atoms. The van der Waals surface area contributed by atoms with Gasteiger partial charge in [-0.2, -0.15) is 23.5 Å². The fraction of sp³-hybridized carbons (Fsp3) is 0.346. The summed E-state index contributed by atoms with van der Waals surface area (Å²) < 4.78 is 68.3. The number of fused-ring (bicyclic) bond motifs is 1. The summed E-state index contributed by atoms with van der Waals surface area (Å²) in [5, 5.41) is 12.9. The molecule has 0 fully saturated rings. The molecule has 12 heteroatoms. The summed E-state index contributed by atoms with van der Waals surface area (Å²) in [4.78, 5) is 17.7. The van der Waals surface area contributed by atoms with Crippen LogP contribution < -0.4 is 0 Å². The molecule has 3 heterocycles. The number of benzene rings is 1. The van der Waals surface area contributed by atoms with Crippen LogP contribution in [0.1, 0.15) is 32.5 Å². The predicted molar refractivity (Wildman–Crippen MR) is 133 cm³/mol. The van der Waals surface area contributed by atoms with Crippen LogP contribution in [0.25, 0.3) is 11.1 Å². The molecule has 0 unspecified atom stereocenters. The lowest BCUT2D eigenvalue weighted by Crippen LogP contribution is -2.37. The lowest BCUT2D eigenvalue weighted by molar-refractivity contribution is -0.141. The Morgan fingerprint density at radius 1 is 1.26 bits per heavy atom. The van der Waals surface area contributed by atoms with E-state index in [0.29, 0.717) is 21.7 Å². The molecule has 0 radical (unpaired) electrons. The predicted octanol–water partition coefficient (Wildman–Crippen LogP) is 5.36. The molecule has 1 aliphatic rings. The van der Waals surface area contributed by atoms with Crippen LogP contribution in [-0.4, -0.2) is 59.1 Å². The van der Waals surface area contributed by atoms with Gasteiger partial charge in [0.15, 0.2) is 5.69 Å². The van der Waals surface area contributed by atoms with Crippen molar-refractivity contribution in [2.24, 2.45) is 0 Å². The molecule has 0 spiro atoms. The second-order valence-corrected chi connectivity index (χ2v) is 10.3. The lowest BCUT2D eigenvalue weighted by Gasteiger charge is -2.33. The molecule has 0 aliphatic carbocycles. The first kappa shape index (κ1) is 27.5. The first-order valence-corrected chi connectivity index (χ1v) is 12.4. The van der Waals surface area contributed by atoms with Gasteiger partial charge in [-0.1, -0.05) is 30.3 Å². The van der Waals surface area contributed by atoms with E-state index in [4.69, 9.17) is 0 Å². The number of thiophene rings is 1. The lowest BCUT2D eigenvalue weighted by atomic mass is 9.83. The normalized spacial score (nSPS) is 15.9. The summed E-state index contributed by atoms with van der Waals surface area (Å²) in [7, 11) is 3.73. The van der Waals surface area contributed by atoms with Gasteiger partial charge >= 0.3 is 6.18 Å². The second-order valence-electron chi connectivity index (χ2n) is 9.13. The number of halogens is 5. The van der Waals surface area contributed by atoms with Crippen molar-refractivity contribution in [1.82, 2.24) is 19.6 Å². The number of nitriles is 1. The van der Waals surface area contributed by atoms with Crippen molar-refractivity contribution in [3.8, 4) is 17.2 Å². The molecule has 0 N–H and O–H groups in total. The molecular formula is C26H24F5N5OS. The fourth-order valence-electron chi connectivity index (χ4n) is 4.49. The van der Waals surface area contributed by atoms with Crippen molar-refractivity contribution < 1.29 is 26.7 Å². The molecule has 6 nitrogen and oxygen atoms in total. The van der Waals surface area contributed by atoms with Crippen LogP contribution in [0.5, 0.6) is 0 Å². The van der Waals surface area contributed by atoms with E-state index < -0.39 is 30.8 Å². The number of rotatable bonds is 7. The number of carbonyl (C=O) groups is 1. The van der Waals surface area contributed by atoms with Gasteiger partial charge in [0.25, 0.3) is 6.43 Å². The van der Waals surface area contributed by atoms with Gasteiger partial charge in [0.05, 0.1) is 6.54 Å². The van der Waals surface area contributed by atoms with Crippen molar-refractivity contribution in [3.63, 3.8) is 0 Å². The molecule has 0 saturated heterocycles. The SMILES string of the molecule is CN(C)C/C=C/C(=O)N1Cc2sc(C#N)cc2[C@H](c2ccccc2-c2cn(CC(F)F)nc2C(F)(F)F)C1. The Morgan fingerprint density at radius 2 is 2.00 bits per heavy atom. The quantitative estimate of drug-likeness (QED) is 0.294. The van der Waals surface area contributed by atoms with Crippen LogP contribution in [0.4, 0.5) is 22.0 Å². The third-order valence-electron chi connectivity index (χ3n) is 6.09. The van der Waals surface area contributed by atoms with Crippen molar-refractivity contribution in [1.29, 1.82) is 5.26 Å². The van der Waals surface area contributed by atoms with Crippen molar-refractivity contribution in [3.05, 3.63) is 75.3 Å². The second kappa shape index (κ2) is 11.0. The Labute approximate surface area is 220 Å². The molecule has 1 amide bonds. The smallest absolute Gasteiger partial charge is 0.333 e. The maximum absolute atomic E-state index is 13.9. The van der Waals surface area contributed by atoms with E-state index in [1.54, 1.807) is 35.2 Å². The topological polar surface area (TPSA) is 65.2 Å². The third-order valence-corrected chi connectivity index (χ3v) is 7.13. The van der Waals surface area contributed by atoms with Crippen LogP contribution in [-0.2, 0) is 24.1 Å². The van der Waals surface area contributed by atoms with Gasteiger partial charge in [0.1, 0.15) is 17.5 Å². The largest absolute Gasteiger partial charge is 0.435 e. The van der Waals surface area contributed by atoms with Gasteiger partial charge < -0.3 is 9.80 Å². The minimum Gasteiger partial charge on any atom is -0.333 e. The monoisotopic (exact) mass is 549 g/mol. The number of nitrogens with zero attached hydrogens (tertiary/aromatic N) is 5. The van der Waals surface area contributed by atoms with E-state index in [0.717, 1.165) is 16.6 Å². The third kappa shape index (κ3) is 5.95. The molecule has 3 aromatic rings. The van der Waals surface area contributed by atoms with Gasteiger partial charge in [0.2, 0.25) is 5.91 Å². The highest BCUT2D eigenvalue weighted by Gasteiger charge is 2.39. The molecule has 0 saturated carbocycles. The van der Waals surface area contributed by atoms with Gasteiger partial charge in [-0.3, -0.25) is 9.48 Å². The van der Waals surface area contributed by atoms with E-state index in [2.05, 4.69) is 11.2 Å². The maximum Gasteiger partial charge on any atom is 0.435 e. The maximum atomic E-state index is 13.9. The van der Waals surface area contributed by atoms with Gasteiger partial charge in [-0.25, -0.2) is 8.78 Å². The zero-order valence-electron chi connectivity index (χ0n) is 20.5. The first-order valence-electron chi connectivity index (χ1n) is 11.6. The Bertz CT molecular complexity index is 1390. The highest BCUT2D eigenvalue weighted by atomic mass is 32.1. The zero-order chi connectivity index (χ0) is 27.6. The average Bonchev–Trinajstić information content (AvgIpc) is 3.46. The van der Waals surface area contributed by atoms with E-state index in [1.807, 2.05) is 19.0 Å².